The van der Waals surface area contributed by atoms with Crippen molar-refractivity contribution in [2.45, 2.75) is 0 Å². The lowest BCUT2D eigenvalue weighted by atomic mass is 10.0. The lowest BCUT2D eigenvalue weighted by molar-refractivity contribution is -0.129. The van der Waals surface area contributed by atoms with Gasteiger partial charge in [0, 0.05) is 16.5 Å². The van der Waals surface area contributed by atoms with E-state index in [2.05, 4.69) is 58.2 Å². The fourth-order valence-electron chi connectivity index (χ4n) is 5.41. The number of carboxylic acid groups (broad SMARTS) is 1. The smallest absolute Gasteiger partial charge is 0.357 e. The molecule has 1 aliphatic rings. The lowest BCUT2D eigenvalue weighted by Crippen LogP contribution is -2.22. The van der Waals surface area contributed by atoms with Gasteiger partial charge in [-0.1, -0.05) is 84.9 Å². The summed E-state index contributed by atoms with van der Waals surface area (Å²) >= 11 is 0. The number of carbonyl (C=O) groups is 2. The molecule has 1 aliphatic heterocycles. The van der Waals surface area contributed by atoms with Crippen LogP contribution in [0.4, 0.5) is 5.69 Å². The van der Waals surface area contributed by atoms with E-state index in [1.165, 1.54) is 0 Å². The number of nitrogens with zero attached hydrogens (tertiary/aromatic N) is 3. The molecule has 0 saturated carbocycles. The Morgan fingerprint density at radius 3 is 2.02 bits per heavy atom. The molecule has 0 fully saturated rings. The second kappa shape index (κ2) is 9.77. The van der Waals surface area contributed by atoms with Crippen LogP contribution in [0.25, 0.3) is 44.7 Å². The number of carbonyl (C=O) groups excluding carboxylic acids is 1. The molecule has 1 aromatic heterocycles. The summed E-state index contributed by atoms with van der Waals surface area (Å²) in [7, 11) is 0. The van der Waals surface area contributed by atoms with E-state index in [1.54, 1.807) is 30.3 Å². The van der Waals surface area contributed by atoms with Gasteiger partial charge in [-0.05, 0) is 65.2 Å². The van der Waals surface area contributed by atoms with E-state index in [1.807, 2.05) is 54.6 Å². The zero-order chi connectivity index (χ0) is 27.9. The van der Waals surface area contributed by atoms with E-state index >= 15 is 0 Å². The third-order valence-corrected chi connectivity index (χ3v) is 7.32. The number of carboxylic acids is 1. The predicted octanol–water partition coefficient (Wildman–Crippen LogP) is 7.32. The largest absolute Gasteiger partial charge is 0.476 e. The first kappa shape index (κ1) is 24.3. The Kier molecular flexibility index (Phi) is 5.79. The first-order valence-corrected chi connectivity index (χ1v) is 13.2. The van der Waals surface area contributed by atoms with Crippen molar-refractivity contribution in [2.24, 2.45) is 5.10 Å². The van der Waals surface area contributed by atoms with Gasteiger partial charge in [-0.25, -0.2) is 4.79 Å². The van der Waals surface area contributed by atoms with Crippen LogP contribution < -0.4 is 5.01 Å². The monoisotopic (exact) mass is 533 g/mol. The van der Waals surface area contributed by atoms with Crippen molar-refractivity contribution in [1.82, 2.24) is 4.57 Å². The summed E-state index contributed by atoms with van der Waals surface area (Å²) in [6.45, 7) is 0. The van der Waals surface area contributed by atoms with E-state index in [9.17, 15) is 14.7 Å². The minimum absolute atomic E-state index is 0.0425. The first-order valence-electron chi connectivity index (χ1n) is 13.2. The Labute approximate surface area is 235 Å². The molecule has 0 unspecified atom stereocenters. The van der Waals surface area contributed by atoms with Gasteiger partial charge in [0.2, 0.25) is 0 Å². The quantitative estimate of drug-likeness (QED) is 0.236. The number of hydrazone groups is 1. The predicted molar refractivity (Wildman–Crippen MR) is 163 cm³/mol. The zero-order valence-electron chi connectivity index (χ0n) is 21.8. The number of aliphatic carboxylic acids is 1. The summed E-state index contributed by atoms with van der Waals surface area (Å²) in [4.78, 5) is 25.3. The van der Waals surface area contributed by atoms with Crippen LogP contribution in [0.2, 0.25) is 0 Å². The summed E-state index contributed by atoms with van der Waals surface area (Å²) in [5.41, 5.74) is 6.40. The van der Waals surface area contributed by atoms with Gasteiger partial charge >= 0.3 is 5.97 Å². The molecule has 2 heterocycles. The summed E-state index contributed by atoms with van der Waals surface area (Å²) in [6, 6.07) is 41.7. The minimum atomic E-state index is -1.25. The minimum Gasteiger partial charge on any atom is -0.476 e. The van der Waals surface area contributed by atoms with Gasteiger partial charge in [0.1, 0.15) is 0 Å². The molecule has 1 N–H and O–H groups in total. The Balaban J connectivity index is 1.32. The maximum atomic E-state index is 13.3. The van der Waals surface area contributed by atoms with E-state index in [-0.39, 0.29) is 11.3 Å². The number of aromatic nitrogens is 1. The van der Waals surface area contributed by atoms with Gasteiger partial charge in [0.05, 0.1) is 22.3 Å². The van der Waals surface area contributed by atoms with Crippen LogP contribution in [0, 0.1) is 0 Å². The van der Waals surface area contributed by atoms with Crippen molar-refractivity contribution < 1.29 is 14.7 Å². The Bertz CT molecular complexity index is 2020. The number of fused-ring (bicyclic) bond motifs is 3. The van der Waals surface area contributed by atoms with Crippen LogP contribution in [-0.4, -0.2) is 27.3 Å². The maximum Gasteiger partial charge on any atom is 0.357 e. The molecule has 6 aromatic rings. The molecule has 0 atom stereocenters. The molecule has 0 radical (unpaired) electrons. The Morgan fingerprint density at radius 1 is 0.659 bits per heavy atom. The van der Waals surface area contributed by atoms with Crippen molar-refractivity contribution in [3.05, 3.63) is 139 Å². The number of benzene rings is 5. The van der Waals surface area contributed by atoms with Crippen LogP contribution in [0.1, 0.15) is 5.56 Å². The molecule has 1 amide bonds. The van der Waals surface area contributed by atoms with E-state index in [0.717, 1.165) is 43.6 Å². The van der Waals surface area contributed by atoms with Crippen LogP contribution in [-0.2, 0) is 9.59 Å². The van der Waals surface area contributed by atoms with Crippen LogP contribution in [0.3, 0.4) is 0 Å². The molecule has 0 saturated heterocycles. The van der Waals surface area contributed by atoms with Crippen molar-refractivity contribution in [1.29, 1.82) is 0 Å². The van der Waals surface area contributed by atoms with Crippen molar-refractivity contribution in [3.8, 4) is 16.8 Å². The lowest BCUT2D eigenvalue weighted by Gasteiger charge is -2.11. The van der Waals surface area contributed by atoms with Crippen molar-refractivity contribution >= 4 is 51.2 Å². The summed E-state index contributed by atoms with van der Waals surface area (Å²) < 4.78 is 2.22. The number of para-hydroxylation sites is 2. The number of anilines is 1. The molecular formula is C35H23N3O3. The number of hydrogen-bond donors (Lipinski definition) is 1. The molecule has 6 heteroatoms. The van der Waals surface area contributed by atoms with E-state index in [0.29, 0.717) is 11.3 Å². The van der Waals surface area contributed by atoms with E-state index in [4.69, 9.17) is 0 Å². The topological polar surface area (TPSA) is 74.9 Å². The SMILES string of the molecule is O=C(O)C1=NN(c2ccccc2)C(=O)C1=Cc1ccc2c(c1)c1ccccc1n2-c1ccc(-c2ccccc2)cc1. The highest BCUT2D eigenvalue weighted by atomic mass is 16.4. The Hall–Kier alpha value is -5.75. The highest BCUT2D eigenvalue weighted by molar-refractivity contribution is 6.53. The molecule has 0 spiro atoms. The molecule has 0 bridgehead atoms. The zero-order valence-corrected chi connectivity index (χ0v) is 21.8. The molecule has 7 rings (SSSR count). The van der Waals surface area contributed by atoms with Crippen molar-refractivity contribution in [3.63, 3.8) is 0 Å². The van der Waals surface area contributed by atoms with E-state index < -0.39 is 11.9 Å². The number of hydrogen-bond acceptors (Lipinski definition) is 3. The van der Waals surface area contributed by atoms with Gasteiger partial charge in [0.25, 0.3) is 5.91 Å². The highest BCUT2D eigenvalue weighted by Gasteiger charge is 2.35. The van der Waals surface area contributed by atoms with Gasteiger partial charge in [-0.3, -0.25) is 4.79 Å². The summed E-state index contributed by atoms with van der Waals surface area (Å²) in [6.07, 6.45) is 1.61. The number of rotatable bonds is 5. The normalized spacial score (nSPS) is 14.2. The molecule has 6 nitrogen and oxygen atoms in total. The third-order valence-electron chi connectivity index (χ3n) is 7.32. The molecular weight excluding hydrogens is 510 g/mol. The molecule has 0 aliphatic carbocycles. The standard InChI is InChI=1S/C35H23N3O3/c39-34-30(33(35(40)41)36-38(34)27-11-5-2-6-12-27)22-23-15-20-32-29(21-23)28-13-7-8-14-31(28)37(32)26-18-16-25(17-19-26)24-9-3-1-4-10-24/h1-22H,(H,40,41). The number of amides is 1. The van der Waals surface area contributed by atoms with Gasteiger partial charge in [-0.2, -0.15) is 10.1 Å². The van der Waals surface area contributed by atoms with Crippen LogP contribution in [0.5, 0.6) is 0 Å². The molecule has 5 aromatic carbocycles. The summed E-state index contributed by atoms with van der Waals surface area (Å²) in [5, 5.41) is 17.2. The average molecular weight is 534 g/mol. The highest BCUT2D eigenvalue weighted by Crippen LogP contribution is 2.34. The molecule has 196 valence electrons. The third kappa shape index (κ3) is 4.19. The average Bonchev–Trinajstić information content (AvgIpc) is 3.52. The van der Waals surface area contributed by atoms with Gasteiger partial charge in [0.15, 0.2) is 5.71 Å². The molecule has 41 heavy (non-hydrogen) atoms. The van der Waals surface area contributed by atoms with Crippen LogP contribution in [0.15, 0.2) is 138 Å². The second-order valence-corrected chi connectivity index (χ2v) is 9.81. The van der Waals surface area contributed by atoms with Crippen molar-refractivity contribution in [2.75, 3.05) is 5.01 Å². The Morgan fingerprint density at radius 2 is 1.29 bits per heavy atom. The first-order chi connectivity index (χ1) is 20.1. The van der Waals surface area contributed by atoms with Gasteiger partial charge in [-0.15, -0.1) is 0 Å². The fourth-order valence-corrected chi connectivity index (χ4v) is 5.41. The fraction of sp³-hybridized carbons (Fsp3) is 0. The van der Waals surface area contributed by atoms with Gasteiger partial charge < -0.3 is 9.67 Å². The summed E-state index contributed by atoms with van der Waals surface area (Å²) in [5.74, 6) is -1.73. The second-order valence-electron chi connectivity index (χ2n) is 9.81. The van der Waals surface area contributed by atoms with Crippen LogP contribution >= 0.6 is 0 Å². The maximum absolute atomic E-state index is 13.3.